The van der Waals surface area contributed by atoms with Gasteiger partial charge in [0.15, 0.2) is 5.58 Å². The lowest BCUT2D eigenvalue weighted by Gasteiger charge is -2.09. The zero-order valence-corrected chi connectivity index (χ0v) is 22.9. The first-order valence-electron chi connectivity index (χ1n) is 13.9. The second-order valence-corrected chi connectivity index (χ2v) is 11.6. The summed E-state index contributed by atoms with van der Waals surface area (Å²) >= 11 is 1.86. The largest absolute Gasteiger partial charge is 0.453 e. The highest BCUT2D eigenvalue weighted by molar-refractivity contribution is 7.25. The van der Waals surface area contributed by atoms with Crippen LogP contribution < -0.4 is 0 Å². The second kappa shape index (κ2) is 8.69. The minimum absolute atomic E-state index is 0.921. The zero-order valence-electron chi connectivity index (χ0n) is 22.0. The van der Waals surface area contributed by atoms with E-state index in [4.69, 9.17) is 4.42 Å². The van der Waals surface area contributed by atoms with Gasteiger partial charge in [-0.25, -0.2) is 0 Å². The van der Waals surface area contributed by atoms with Crippen molar-refractivity contribution in [1.29, 1.82) is 0 Å². The van der Waals surface area contributed by atoms with Gasteiger partial charge in [-0.15, -0.1) is 11.3 Å². The maximum atomic E-state index is 6.80. The molecule has 3 aromatic heterocycles. The Morgan fingerprint density at radius 3 is 2.05 bits per heavy atom. The van der Waals surface area contributed by atoms with E-state index in [9.17, 15) is 0 Å². The predicted molar refractivity (Wildman–Crippen MR) is 174 cm³/mol. The molecule has 3 heteroatoms. The molecule has 0 aliphatic rings. The molecule has 0 N–H and O–H groups in total. The van der Waals surface area contributed by atoms with E-state index in [0.29, 0.717) is 0 Å². The first-order valence-corrected chi connectivity index (χ1v) is 14.7. The van der Waals surface area contributed by atoms with Crippen LogP contribution >= 0.6 is 11.3 Å². The van der Waals surface area contributed by atoms with Crippen LogP contribution in [0.2, 0.25) is 0 Å². The monoisotopic (exact) mass is 541 g/mol. The SMILES string of the molecule is c1ccc(-n2c3ccccc3c3oc4c(-c5cccc(-c6cccc7sc8ccccc8c67)c5)cccc4c32)cc1. The fourth-order valence-corrected chi connectivity index (χ4v) is 7.57. The Morgan fingerprint density at radius 1 is 0.488 bits per heavy atom. The molecule has 0 saturated heterocycles. The number of benzene rings is 6. The van der Waals surface area contributed by atoms with Gasteiger partial charge in [0.05, 0.1) is 5.52 Å². The van der Waals surface area contributed by atoms with Gasteiger partial charge in [-0.05, 0) is 65.2 Å². The van der Waals surface area contributed by atoms with E-state index in [2.05, 4.69) is 144 Å². The van der Waals surface area contributed by atoms with Crippen LogP contribution in [0.25, 0.3) is 81.1 Å². The molecule has 0 radical (unpaired) electrons. The number of rotatable bonds is 3. The van der Waals surface area contributed by atoms with Crippen molar-refractivity contribution >= 4 is 64.5 Å². The molecule has 0 amide bonds. The van der Waals surface area contributed by atoms with Crippen molar-refractivity contribution in [2.24, 2.45) is 0 Å². The molecule has 0 aliphatic heterocycles. The molecule has 3 heterocycles. The third-order valence-corrected chi connectivity index (χ3v) is 9.34. The molecule has 9 aromatic rings. The summed E-state index contributed by atoms with van der Waals surface area (Å²) in [7, 11) is 0. The van der Waals surface area contributed by atoms with Crippen LogP contribution in [-0.2, 0) is 0 Å². The average molecular weight is 542 g/mol. The zero-order chi connectivity index (χ0) is 26.9. The molecule has 6 aromatic carbocycles. The number of furan rings is 1. The lowest BCUT2D eigenvalue weighted by Crippen LogP contribution is -1.92. The normalized spacial score (nSPS) is 11.9. The van der Waals surface area contributed by atoms with Crippen molar-refractivity contribution in [3.63, 3.8) is 0 Å². The highest BCUT2D eigenvalue weighted by atomic mass is 32.1. The Morgan fingerprint density at radius 2 is 1.15 bits per heavy atom. The molecular weight excluding hydrogens is 518 g/mol. The van der Waals surface area contributed by atoms with E-state index < -0.39 is 0 Å². The van der Waals surface area contributed by atoms with Crippen molar-refractivity contribution in [3.05, 3.63) is 140 Å². The highest BCUT2D eigenvalue weighted by Gasteiger charge is 2.21. The molecule has 0 saturated carbocycles. The van der Waals surface area contributed by atoms with Crippen LogP contribution in [0.4, 0.5) is 0 Å². The quantitative estimate of drug-likeness (QED) is 0.217. The van der Waals surface area contributed by atoms with Crippen molar-refractivity contribution in [2.75, 3.05) is 0 Å². The van der Waals surface area contributed by atoms with Gasteiger partial charge in [0.25, 0.3) is 0 Å². The van der Waals surface area contributed by atoms with Crippen LogP contribution in [0, 0.1) is 0 Å². The van der Waals surface area contributed by atoms with Gasteiger partial charge in [-0.3, -0.25) is 0 Å². The second-order valence-electron chi connectivity index (χ2n) is 10.5. The number of fused-ring (bicyclic) bond motifs is 8. The number of thiophene rings is 1. The molecule has 2 nitrogen and oxygen atoms in total. The molecule has 192 valence electrons. The van der Waals surface area contributed by atoms with Gasteiger partial charge in [0.2, 0.25) is 0 Å². The van der Waals surface area contributed by atoms with Crippen LogP contribution in [-0.4, -0.2) is 4.57 Å². The van der Waals surface area contributed by atoms with E-state index in [-0.39, 0.29) is 0 Å². The summed E-state index contributed by atoms with van der Waals surface area (Å²) in [6.45, 7) is 0. The van der Waals surface area contributed by atoms with Crippen LogP contribution in [0.5, 0.6) is 0 Å². The topological polar surface area (TPSA) is 18.1 Å². The van der Waals surface area contributed by atoms with Crippen LogP contribution in [0.3, 0.4) is 0 Å². The Labute approximate surface area is 240 Å². The molecule has 0 spiro atoms. The molecule has 0 atom stereocenters. The Kier molecular flexibility index (Phi) is 4.80. The highest BCUT2D eigenvalue weighted by Crippen LogP contribution is 2.44. The molecule has 0 bridgehead atoms. The van der Waals surface area contributed by atoms with E-state index in [1.54, 1.807) is 0 Å². The number of aromatic nitrogens is 1. The van der Waals surface area contributed by atoms with E-state index >= 15 is 0 Å². The van der Waals surface area contributed by atoms with Gasteiger partial charge in [-0.1, -0.05) is 91.0 Å². The maximum absolute atomic E-state index is 6.80. The van der Waals surface area contributed by atoms with E-state index in [1.807, 2.05) is 11.3 Å². The summed E-state index contributed by atoms with van der Waals surface area (Å²) in [5, 5.41) is 4.89. The predicted octanol–water partition coefficient (Wildman–Crippen LogP) is 11.2. The summed E-state index contributed by atoms with van der Waals surface area (Å²) in [4.78, 5) is 0. The van der Waals surface area contributed by atoms with Crippen LogP contribution in [0.1, 0.15) is 0 Å². The van der Waals surface area contributed by atoms with Crippen molar-refractivity contribution < 1.29 is 4.42 Å². The van der Waals surface area contributed by atoms with Gasteiger partial charge >= 0.3 is 0 Å². The molecule has 0 unspecified atom stereocenters. The number of hydrogen-bond acceptors (Lipinski definition) is 2. The Hall–Kier alpha value is -5.12. The minimum atomic E-state index is 0.921. The smallest absolute Gasteiger partial charge is 0.161 e. The first-order chi connectivity index (χ1) is 20.3. The van der Waals surface area contributed by atoms with Gasteiger partial charge in [-0.2, -0.15) is 0 Å². The van der Waals surface area contributed by atoms with Crippen molar-refractivity contribution in [2.45, 2.75) is 0 Å². The van der Waals surface area contributed by atoms with E-state index in [0.717, 1.165) is 49.8 Å². The third-order valence-electron chi connectivity index (χ3n) is 8.20. The number of hydrogen-bond donors (Lipinski definition) is 0. The van der Waals surface area contributed by atoms with Crippen molar-refractivity contribution in [1.82, 2.24) is 4.57 Å². The fraction of sp³-hybridized carbons (Fsp3) is 0. The summed E-state index contributed by atoms with van der Waals surface area (Å²) in [6.07, 6.45) is 0. The Bertz CT molecular complexity index is 2420. The van der Waals surface area contributed by atoms with Gasteiger partial charge in [0.1, 0.15) is 11.1 Å². The summed E-state index contributed by atoms with van der Waals surface area (Å²) in [6, 6.07) is 49.8. The summed E-state index contributed by atoms with van der Waals surface area (Å²) in [5.41, 5.74) is 9.97. The fourth-order valence-electron chi connectivity index (χ4n) is 6.43. The molecule has 0 aliphatic carbocycles. The Balaban J connectivity index is 1.29. The molecular formula is C38H23NOS. The third kappa shape index (κ3) is 3.30. The molecule has 9 rings (SSSR count). The minimum Gasteiger partial charge on any atom is -0.453 e. The first kappa shape index (κ1) is 22.7. The molecule has 0 fully saturated rings. The summed E-state index contributed by atoms with van der Waals surface area (Å²) < 4.78 is 11.8. The maximum Gasteiger partial charge on any atom is 0.161 e. The lowest BCUT2D eigenvalue weighted by molar-refractivity contribution is 0.674. The van der Waals surface area contributed by atoms with Gasteiger partial charge < -0.3 is 8.98 Å². The molecule has 41 heavy (non-hydrogen) atoms. The number of nitrogens with zero attached hydrogens (tertiary/aromatic N) is 1. The number of para-hydroxylation sites is 3. The summed E-state index contributed by atoms with van der Waals surface area (Å²) in [5.74, 6) is 0. The van der Waals surface area contributed by atoms with Crippen molar-refractivity contribution in [3.8, 4) is 27.9 Å². The van der Waals surface area contributed by atoms with Gasteiger partial charge in [0, 0.05) is 42.2 Å². The average Bonchev–Trinajstić information content (AvgIpc) is 3.70. The standard InChI is InChI=1S/C38H23NOS/c1-2-13-26(14-3-1)39-32-20-6-4-15-29(32)38-36(39)31-19-9-18-28(37(31)40-38)25-12-8-11-24(23-25)27-17-10-22-34-35(27)30-16-5-7-21-33(30)41-34/h1-23H. The van der Waals surface area contributed by atoms with E-state index in [1.165, 1.54) is 31.3 Å². The lowest BCUT2D eigenvalue weighted by atomic mass is 9.95. The van der Waals surface area contributed by atoms with Crippen LogP contribution in [0.15, 0.2) is 144 Å².